The number of anilines is 3. The lowest BCUT2D eigenvalue weighted by Gasteiger charge is -2.33. The highest BCUT2D eigenvalue weighted by molar-refractivity contribution is 5.96. The van der Waals surface area contributed by atoms with Gasteiger partial charge in [-0.1, -0.05) is 149 Å². The topological polar surface area (TPSA) is 3.24 Å². The third-order valence-corrected chi connectivity index (χ3v) is 13.8. The van der Waals surface area contributed by atoms with E-state index < -0.39 is 0 Å². The van der Waals surface area contributed by atoms with Gasteiger partial charge in [-0.3, -0.25) is 0 Å². The Morgan fingerprint density at radius 1 is 0.528 bits per heavy atom. The van der Waals surface area contributed by atoms with Gasteiger partial charge in [0.15, 0.2) is 0 Å². The van der Waals surface area contributed by atoms with E-state index in [9.17, 15) is 0 Å². The van der Waals surface area contributed by atoms with Crippen molar-refractivity contribution in [2.75, 3.05) is 4.90 Å². The van der Waals surface area contributed by atoms with Crippen LogP contribution in [0.5, 0.6) is 0 Å². The van der Waals surface area contributed by atoms with Crippen LogP contribution in [0, 0.1) is 11.8 Å². The van der Waals surface area contributed by atoms with Gasteiger partial charge in [0.2, 0.25) is 0 Å². The second kappa shape index (κ2) is 13.2. The van der Waals surface area contributed by atoms with Crippen molar-refractivity contribution in [3.8, 4) is 33.4 Å². The first-order chi connectivity index (χ1) is 26.0. The van der Waals surface area contributed by atoms with Crippen LogP contribution in [-0.4, -0.2) is 0 Å². The van der Waals surface area contributed by atoms with Gasteiger partial charge in [0.05, 0.1) is 0 Å². The van der Waals surface area contributed by atoms with Crippen molar-refractivity contribution >= 4 is 17.1 Å². The minimum atomic E-state index is -0.124. The van der Waals surface area contributed by atoms with Gasteiger partial charge in [0, 0.05) is 22.5 Å². The van der Waals surface area contributed by atoms with Gasteiger partial charge in [0.25, 0.3) is 0 Å². The summed E-state index contributed by atoms with van der Waals surface area (Å²) in [6.07, 6.45) is 12.2. The van der Waals surface area contributed by atoms with E-state index in [1.807, 2.05) is 0 Å². The third kappa shape index (κ3) is 5.67. The third-order valence-electron chi connectivity index (χ3n) is 13.8. The van der Waals surface area contributed by atoms with Crippen LogP contribution in [0.15, 0.2) is 140 Å². The number of nitrogens with zero attached hydrogens (tertiary/aromatic N) is 1. The summed E-state index contributed by atoms with van der Waals surface area (Å²) in [6.45, 7) is 4.85. The average Bonchev–Trinajstić information content (AvgIpc) is 3.92. The summed E-state index contributed by atoms with van der Waals surface area (Å²) in [5.41, 5.74) is 17.4. The second-order valence-electron chi connectivity index (χ2n) is 17.1. The van der Waals surface area contributed by atoms with Crippen molar-refractivity contribution in [2.45, 2.75) is 88.9 Å². The molecule has 6 aromatic rings. The van der Waals surface area contributed by atoms with Crippen LogP contribution in [0.1, 0.15) is 106 Å². The van der Waals surface area contributed by atoms with Gasteiger partial charge in [-0.05, 0) is 142 Å². The Labute approximate surface area is 316 Å². The zero-order valence-electron chi connectivity index (χ0n) is 31.4. The number of rotatable bonds is 7. The highest BCUT2D eigenvalue weighted by Crippen LogP contribution is 2.56. The first-order valence-electron chi connectivity index (χ1n) is 20.5. The Morgan fingerprint density at radius 2 is 1.23 bits per heavy atom. The van der Waals surface area contributed by atoms with Crippen LogP contribution < -0.4 is 4.90 Å². The summed E-state index contributed by atoms with van der Waals surface area (Å²) in [5.74, 6) is 3.15. The number of hydrogen-bond donors (Lipinski definition) is 0. The number of hydrogen-bond acceptors (Lipinski definition) is 1. The normalized spacial score (nSPS) is 21.4. The predicted molar refractivity (Wildman–Crippen MR) is 224 cm³/mol. The van der Waals surface area contributed by atoms with Gasteiger partial charge >= 0.3 is 0 Å². The van der Waals surface area contributed by atoms with Crippen molar-refractivity contribution in [3.05, 3.63) is 162 Å². The largest absolute Gasteiger partial charge is 0.310 e. The zero-order valence-corrected chi connectivity index (χ0v) is 31.4. The summed E-state index contributed by atoms with van der Waals surface area (Å²) in [7, 11) is 0. The Kier molecular flexibility index (Phi) is 8.16. The molecule has 53 heavy (non-hydrogen) atoms. The maximum Gasteiger partial charge on any atom is 0.0496 e. The molecular formula is C52H51N. The van der Waals surface area contributed by atoms with Gasteiger partial charge in [-0.15, -0.1) is 0 Å². The van der Waals surface area contributed by atoms with Crippen LogP contribution in [0.25, 0.3) is 33.4 Å². The van der Waals surface area contributed by atoms with Crippen molar-refractivity contribution in [3.63, 3.8) is 0 Å². The molecule has 10 rings (SSSR count). The van der Waals surface area contributed by atoms with Crippen molar-refractivity contribution in [2.24, 2.45) is 11.8 Å². The molecule has 4 aliphatic carbocycles. The molecule has 0 radical (unpaired) electrons. The lowest BCUT2D eigenvalue weighted by atomic mass is 9.81. The van der Waals surface area contributed by atoms with Gasteiger partial charge < -0.3 is 4.90 Å². The Morgan fingerprint density at radius 3 is 1.98 bits per heavy atom. The fourth-order valence-corrected chi connectivity index (χ4v) is 11.0. The lowest BCUT2D eigenvalue weighted by molar-refractivity contribution is 0.420. The molecule has 264 valence electrons. The molecule has 3 fully saturated rings. The summed E-state index contributed by atoms with van der Waals surface area (Å²) < 4.78 is 0. The molecule has 6 aromatic carbocycles. The number of para-hydroxylation sites is 1. The van der Waals surface area contributed by atoms with Crippen LogP contribution >= 0.6 is 0 Å². The SMILES string of the molecule is CC1(C)c2ccccc2-c2c(-c3ccc(-c4ccccc4)cc3)cc(N(c3ccc(C4CC5CCC4C5)cc3)c3ccccc3C3CCCCC3)cc21. The molecule has 4 aliphatic rings. The van der Waals surface area contributed by atoms with Gasteiger partial charge in [-0.25, -0.2) is 0 Å². The summed E-state index contributed by atoms with van der Waals surface area (Å²) in [6, 6.07) is 53.4. The minimum absolute atomic E-state index is 0.124. The van der Waals surface area contributed by atoms with Gasteiger partial charge in [-0.2, -0.15) is 0 Å². The quantitative estimate of drug-likeness (QED) is 0.161. The molecule has 0 heterocycles. The summed E-state index contributed by atoms with van der Waals surface area (Å²) in [5, 5.41) is 0. The number of fused-ring (bicyclic) bond motifs is 5. The van der Waals surface area contributed by atoms with Crippen LogP contribution in [0.4, 0.5) is 17.1 Å². The van der Waals surface area contributed by atoms with E-state index in [0.29, 0.717) is 5.92 Å². The van der Waals surface area contributed by atoms with Crippen LogP contribution in [-0.2, 0) is 5.41 Å². The molecule has 1 nitrogen and oxygen atoms in total. The van der Waals surface area contributed by atoms with E-state index in [4.69, 9.17) is 0 Å². The van der Waals surface area contributed by atoms with Crippen LogP contribution in [0.2, 0.25) is 0 Å². The fourth-order valence-electron chi connectivity index (χ4n) is 11.0. The van der Waals surface area contributed by atoms with E-state index in [1.54, 1.807) is 5.56 Å². The average molecular weight is 690 g/mol. The molecule has 0 N–H and O–H groups in total. The second-order valence-corrected chi connectivity index (χ2v) is 17.1. The smallest absolute Gasteiger partial charge is 0.0496 e. The molecule has 3 unspecified atom stereocenters. The Balaban J connectivity index is 1.16. The summed E-state index contributed by atoms with van der Waals surface area (Å²) >= 11 is 0. The molecule has 3 atom stereocenters. The highest BCUT2D eigenvalue weighted by atomic mass is 15.1. The molecular weight excluding hydrogens is 639 g/mol. The molecule has 1 heteroatoms. The van der Waals surface area contributed by atoms with E-state index in [-0.39, 0.29) is 5.41 Å². The predicted octanol–water partition coefficient (Wildman–Crippen LogP) is 14.7. The molecule has 0 aliphatic heterocycles. The monoisotopic (exact) mass is 689 g/mol. The molecule has 0 amide bonds. The standard InChI is InChI=1S/C52H51N/c1-52(2)48-19-11-9-18-45(48)51-47(40-25-23-37(24-26-40)36-13-5-3-6-14-36)33-43(34-49(51)52)53(50-20-12-10-17-44(50)38-15-7-4-8-16-38)42-29-27-39(28-30-42)46-32-35-21-22-41(46)31-35/h3,5-6,9-14,17-20,23-30,33-35,38,41,46H,4,7-8,15-16,21-22,31-32H2,1-2H3. The van der Waals surface area contributed by atoms with E-state index in [1.165, 1.54) is 125 Å². The van der Waals surface area contributed by atoms with E-state index >= 15 is 0 Å². The lowest BCUT2D eigenvalue weighted by Crippen LogP contribution is -2.18. The summed E-state index contributed by atoms with van der Waals surface area (Å²) in [4.78, 5) is 2.62. The Bertz CT molecular complexity index is 2250. The molecule has 3 saturated carbocycles. The molecule has 0 saturated heterocycles. The maximum absolute atomic E-state index is 2.62. The van der Waals surface area contributed by atoms with Gasteiger partial charge in [0.1, 0.15) is 0 Å². The molecule has 0 spiro atoms. The minimum Gasteiger partial charge on any atom is -0.310 e. The first-order valence-corrected chi connectivity index (χ1v) is 20.5. The van der Waals surface area contributed by atoms with Crippen molar-refractivity contribution in [1.82, 2.24) is 0 Å². The van der Waals surface area contributed by atoms with E-state index in [2.05, 4.69) is 158 Å². The van der Waals surface area contributed by atoms with E-state index in [0.717, 1.165) is 17.8 Å². The maximum atomic E-state index is 2.62. The zero-order chi connectivity index (χ0) is 35.5. The van der Waals surface area contributed by atoms with Crippen molar-refractivity contribution < 1.29 is 0 Å². The highest BCUT2D eigenvalue weighted by Gasteiger charge is 2.41. The molecule has 2 bridgehead atoms. The number of benzene rings is 6. The van der Waals surface area contributed by atoms with Crippen LogP contribution in [0.3, 0.4) is 0 Å². The fraction of sp³-hybridized carbons (Fsp3) is 0.308. The Hall–Kier alpha value is -4.88. The molecule has 0 aromatic heterocycles. The first kappa shape index (κ1) is 32.7. The van der Waals surface area contributed by atoms with Crippen molar-refractivity contribution in [1.29, 1.82) is 0 Å².